The van der Waals surface area contributed by atoms with Crippen LogP contribution in [0.15, 0.2) is 47.4 Å². The van der Waals surface area contributed by atoms with E-state index >= 15 is 0 Å². The van der Waals surface area contributed by atoms with E-state index in [0.29, 0.717) is 5.56 Å². The van der Waals surface area contributed by atoms with Crippen LogP contribution in [0.5, 0.6) is 0 Å². The second-order valence-electron chi connectivity index (χ2n) is 5.16. The number of halogens is 2. The number of hydrogen-bond acceptors (Lipinski definition) is 3. The Balaban J connectivity index is 2.15. The summed E-state index contributed by atoms with van der Waals surface area (Å²) in [5.41, 5.74) is 0.606. The van der Waals surface area contributed by atoms with Crippen LogP contribution in [0.1, 0.15) is 28.9 Å². The van der Waals surface area contributed by atoms with Crippen LogP contribution in [0.3, 0.4) is 0 Å². The summed E-state index contributed by atoms with van der Waals surface area (Å²) in [6, 6.07) is 9.57. The third-order valence-electron chi connectivity index (χ3n) is 3.33. The first-order valence-corrected chi connectivity index (χ1v) is 9.01. The Bertz CT molecular complexity index is 835. The van der Waals surface area contributed by atoms with E-state index in [1.165, 1.54) is 24.3 Å². The van der Waals surface area contributed by atoms with Gasteiger partial charge >= 0.3 is 0 Å². The Morgan fingerprint density at radius 3 is 2.30 bits per heavy atom. The van der Waals surface area contributed by atoms with Crippen LogP contribution in [0.25, 0.3) is 0 Å². The number of amides is 1. The van der Waals surface area contributed by atoms with Crippen LogP contribution in [0, 0.1) is 5.82 Å². The molecule has 0 aliphatic heterocycles. The largest absolute Gasteiger partial charge is 0.345 e. The van der Waals surface area contributed by atoms with Gasteiger partial charge in [0.05, 0.1) is 16.5 Å². The van der Waals surface area contributed by atoms with Gasteiger partial charge in [-0.3, -0.25) is 4.79 Å². The van der Waals surface area contributed by atoms with Crippen molar-refractivity contribution in [2.24, 2.45) is 0 Å². The molecule has 0 aromatic heterocycles. The van der Waals surface area contributed by atoms with Crippen molar-refractivity contribution >= 4 is 27.3 Å². The molecule has 4 nitrogen and oxygen atoms in total. The van der Waals surface area contributed by atoms with Crippen LogP contribution in [-0.4, -0.2) is 20.6 Å². The van der Waals surface area contributed by atoms with Crippen molar-refractivity contribution < 1.29 is 17.6 Å². The lowest BCUT2D eigenvalue weighted by molar-refractivity contribution is 0.0936. The fraction of sp³-hybridized carbons (Fsp3) is 0.188. The summed E-state index contributed by atoms with van der Waals surface area (Å²) < 4.78 is 36.6. The third kappa shape index (κ3) is 4.30. The predicted octanol–water partition coefficient (Wildman–Crippen LogP) is 3.37. The summed E-state index contributed by atoms with van der Waals surface area (Å²) in [4.78, 5) is 12.3. The second kappa shape index (κ2) is 6.68. The molecule has 0 saturated heterocycles. The van der Waals surface area contributed by atoms with E-state index < -0.39 is 27.6 Å². The SMILES string of the molecule is C[C@H](NC(=O)c1ccc(Cl)cc1F)c1ccc(S(C)(=O)=O)cc1. The molecule has 0 heterocycles. The molecule has 0 saturated carbocycles. The fourth-order valence-corrected chi connectivity index (χ4v) is 2.82. The third-order valence-corrected chi connectivity index (χ3v) is 4.70. The highest BCUT2D eigenvalue weighted by Crippen LogP contribution is 2.18. The standard InChI is InChI=1S/C16H15ClFNO3S/c1-10(11-3-6-13(7-4-11)23(2,21)22)19-16(20)14-8-5-12(17)9-15(14)18/h3-10H,1-2H3,(H,19,20)/t10-/m0/s1. The molecule has 7 heteroatoms. The monoisotopic (exact) mass is 355 g/mol. The first kappa shape index (κ1) is 17.4. The lowest BCUT2D eigenvalue weighted by Gasteiger charge is -2.15. The topological polar surface area (TPSA) is 63.2 Å². The van der Waals surface area contributed by atoms with E-state index in [9.17, 15) is 17.6 Å². The normalized spacial score (nSPS) is 12.7. The minimum Gasteiger partial charge on any atom is -0.345 e. The number of sulfone groups is 1. The first-order chi connectivity index (χ1) is 10.7. The molecule has 0 fully saturated rings. The fourth-order valence-electron chi connectivity index (χ4n) is 2.04. The molecule has 1 amide bonds. The van der Waals surface area contributed by atoms with Crippen molar-refractivity contribution in [3.63, 3.8) is 0 Å². The van der Waals surface area contributed by atoms with E-state index in [0.717, 1.165) is 12.3 Å². The lowest BCUT2D eigenvalue weighted by atomic mass is 10.1. The highest BCUT2D eigenvalue weighted by atomic mass is 35.5. The summed E-state index contributed by atoms with van der Waals surface area (Å²) in [6.07, 6.45) is 1.12. The van der Waals surface area contributed by atoms with Gasteiger partial charge in [-0.25, -0.2) is 12.8 Å². The van der Waals surface area contributed by atoms with E-state index in [-0.39, 0.29) is 15.5 Å². The minimum absolute atomic E-state index is 0.103. The molecule has 2 rings (SSSR count). The van der Waals surface area contributed by atoms with Crippen LogP contribution in [0.4, 0.5) is 4.39 Å². The number of carbonyl (C=O) groups excluding carboxylic acids is 1. The number of benzene rings is 2. The summed E-state index contributed by atoms with van der Waals surface area (Å²) in [5, 5.41) is 2.87. The number of hydrogen-bond donors (Lipinski definition) is 1. The predicted molar refractivity (Wildman–Crippen MR) is 86.8 cm³/mol. The summed E-state index contributed by atoms with van der Waals surface area (Å²) in [6.45, 7) is 1.72. The summed E-state index contributed by atoms with van der Waals surface area (Å²) in [5.74, 6) is -1.27. The molecular formula is C16H15ClFNO3S. The maximum absolute atomic E-state index is 13.7. The van der Waals surface area contributed by atoms with E-state index in [1.807, 2.05) is 0 Å². The van der Waals surface area contributed by atoms with Gasteiger partial charge in [0.1, 0.15) is 5.82 Å². The lowest BCUT2D eigenvalue weighted by Crippen LogP contribution is -2.27. The molecule has 1 atom stereocenters. The summed E-state index contributed by atoms with van der Waals surface area (Å²) in [7, 11) is -3.27. The molecule has 2 aromatic carbocycles. The van der Waals surface area contributed by atoms with Crippen molar-refractivity contribution in [3.8, 4) is 0 Å². The maximum Gasteiger partial charge on any atom is 0.254 e. The Morgan fingerprint density at radius 2 is 1.78 bits per heavy atom. The van der Waals surface area contributed by atoms with Crippen LogP contribution >= 0.6 is 11.6 Å². The quantitative estimate of drug-likeness (QED) is 0.914. The van der Waals surface area contributed by atoms with Gasteiger partial charge in [0.2, 0.25) is 0 Å². The molecule has 0 bridgehead atoms. The molecular weight excluding hydrogens is 341 g/mol. The highest BCUT2D eigenvalue weighted by molar-refractivity contribution is 7.90. The number of nitrogens with one attached hydrogen (secondary N) is 1. The van der Waals surface area contributed by atoms with Gasteiger partial charge in [0.15, 0.2) is 9.84 Å². The zero-order valence-corrected chi connectivity index (χ0v) is 14.1. The molecule has 23 heavy (non-hydrogen) atoms. The second-order valence-corrected chi connectivity index (χ2v) is 7.61. The van der Waals surface area contributed by atoms with Crippen molar-refractivity contribution in [2.45, 2.75) is 17.9 Å². The first-order valence-electron chi connectivity index (χ1n) is 6.74. The van der Waals surface area contributed by atoms with Crippen LogP contribution < -0.4 is 5.32 Å². The van der Waals surface area contributed by atoms with Crippen molar-refractivity contribution in [1.29, 1.82) is 0 Å². The van der Waals surface area contributed by atoms with Gasteiger partial charge in [0.25, 0.3) is 5.91 Å². The highest BCUT2D eigenvalue weighted by Gasteiger charge is 2.16. The van der Waals surface area contributed by atoms with Gasteiger partial charge < -0.3 is 5.32 Å². The molecule has 0 radical (unpaired) electrons. The zero-order chi connectivity index (χ0) is 17.2. The zero-order valence-electron chi connectivity index (χ0n) is 12.5. The molecule has 0 aliphatic carbocycles. The van der Waals surface area contributed by atoms with Crippen molar-refractivity contribution in [1.82, 2.24) is 5.32 Å². The van der Waals surface area contributed by atoms with Gasteiger partial charge in [-0.05, 0) is 42.8 Å². The Hall–Kier alpha value is -1.92. The average Bonchev–Trinajstić information content (AvgIpc) is 2.46. The van der Waals surface area contributed by atoms with Gasteiger partial charge in [-0.2, -0.15) is 0 Å². The van der Waals surface area contributed by atoms with Gasteiger partial charge in [-0.15, -0.1) is 0 Å². The van der Waals surface area contributed by atoms with Gasteiger partial charge in [0, 0.05) is 11.3 Å². The Labute approximate surface area is 139 Å². The van der Waals surface area contributed by atoms with E-state index in [4.69, 9.17) is 11.6 Å². The smallest absolute Gasteiger partial charge is 0.254 e. The number of carbonyl (C=O) groups is 1. The molecule has 0 unspecified atom stereocenters. The molecule has 2 aromatic rings. The molecule has 1 N–H and O–H groups in total. The van der Waals surface area contributed by atoms with Crippen molar-refractivity contribution in [2.75, 3.05) is 6.26 Å². The van der Waals surface area contributed by atoms with Crippen LogP contribution in [0.2, 0.25) is 5.02 Å². The average molecular weight is 356 g/mol. The van der Waals surface area contributed by atoms with E-state index in [2.05, 4.69) is 5.32 Å². The van der Waals surface area contributed by atoms with Gasteiger partial charge in [-0.1, -0.05) is 23.7 Å². The summed E-state index contributed by atoms with van der Waals surface area (Å²) >= 11 is 5.65. The minimum atomic E-state index is -3.27. The van der Waals surface area contributed by atoms with Crippen LogP contribution in [-0.2, 0) is 9.84 Å². The Kier molecular flexibility index (Phi) is 5.06. The Morgan fingerprint density at radius 1 is 1.17 bits per heavy atom. The maximum atomic E-state index is 13.7. The van der Waals surface area contributed by atoms with Crippen molar-refractivity contribution in [3.05, 3.63) is 64.4 Å². The molecule has 0 spiro atoms. The van der Waals surface area contributed by atoms with E-state index in [1.54, 1.807) is 19.1 Å². The molecule has 122 valence electrons. The molecule has 0 aliphatic rings. The number of rotatable bonds is 4.